The van der Waals surface area contributed by atoms with Crippen LogP contribution in [0.3, 0.4) is 0 Å². The van der Waals surface area contributed by atoms with Crippen molar-refractivity contribution in [2.24, 2.45) is 5.73 Å². The van der Waals surface area contributed by atoms with Crippen molar-refractivity contribution in [3.8, 4) is 0 Å². The van der Waals surface area contributed by atoms with Crippen molar-refractivity contribution in [2.75, 3.05) is 19.0 Å². The van der Waals surface area contributed by atoms with E-state index in [1.807, 2.05) is 31.1 Å². The Labute approximate surface area is 95.0 Å². The number of rotatable bonds is 5. The maximum Gasteiger partial charge on any atom is 0.217 e. The number of hydrogen-bond acceptors (Lipinski definition) is 3. The highest BCUT2D eigenvalue weighted by molar-refractivity contribution is 5.98. The van der Waals surface area contributed by atoms with Gasteiger partial charge in [0.05, 0.1) is 0 Å². The molecule has 0 bridgehead atoms. The molecule has 0 heterocycles. The molecule has 1 aromatic carbocycles. The molecule has 4 nitrogen and oxygen atoms in total. The number of carbonyl (C=O) groups excluding carboxylic acids is 2. The lowest BCUT2D eigenvalue weighted by Crippen LogP contribution is -2.13. The van der Waals surface area contributed by atoms with E-state index < -0.39 is 5.91 Å². The van der Waals surface area contributed by atoms with Gasteiger partial charge in [0, 0.05) is 38.2 Å². The minimum atomic E-state index is -0.446. The average Bonchev–Trinajstić information content (AvgIpc) is 2.26. The third kappa shape index (κ3) is 3.38. The third-order valence-electron chi connectivity index (χ3n) is 2.30. The van der Waals surface area contributed by atoms with E-state index in [2.05, 4.69) is 0 Å². The minimum Gasteiger partial charge on any atom is -0.378 e. The van der Waals surface area contributed by atoms with E-state index in [4.69, 9.17) is 5.73 Å². The molecule has 1 aromatic rings. The Balaban J connectivity index is 2.66. The van der Waals surface area contributed by atoms with Crippen molar-refractivity contribution in [1.29, 1.82) is 0 Å². The Hall–Kier alpha value is -1.84. The maximum absolute atomic E-state index is 11.6. The highest BCUT2D eigenvalue weighted by Gasteiger charge is 2.07. The summed E-state index contributed by atoms with van der Waals surface area (Å²) in [7, 11) is 3.87. The van der Waals surface area contributed by atoms with Gasteiger partial charge in [-0.15, -0.1) is 0 Å². The fourth-order valence-electron chi connectivity index (χ4n) is 1.33. The molecule has 0 aromatic heterocycles. The first-order chi connectivity index (χ1) is 7.50. The number of nitrogens with zero attached hydrogens (tertiary/aromatic N) is 1. The molecule has 2 N–H and O–H groups in total. The van der Waals surface area contributed by atoms with Crippen LogP contribution in [0.2, 0.25) is 0 Å². The van der Waals surface area contributed by atoms with Crippen LogP contribution in [0.15, 0.2) is 24.3 Å². The molecule has 0 fully saturated rings. The molecular weight excluding hydrogens is 204 g/mol. The number of amides is 1. The van der Waals surface area contributed by atoms with Crippen molar-refractivity contribution >= 4 is 17.4 Å². The molecule has 0 aliphatic rings. The zero-order chi connectivity index (χ0) is 12.1. The van der Waals surface area contributed by atoms with Crippen LogP contribution in [0.4, 0.5) is 5.69 Å². The van der Waals surface area contributed by atoms with E-state index in [1.54, 1.807) is 12.1 Å². The first kappa shape index (κ1) is 12.2. The summed E-state index contributed by atoms with van der Waals surface area (Å²) in [5, 5.41) is 0. The van der Waals surface area contributed by atoms with Gasteiger partial charge in [0.2, 0.25) is 5.91 Å². The summed E-state index contributed by atoms with van der Waals surface area (Å²) >= 11 is 0. The van der Waals surface area contributed by atoms with Crippen molar-refractivity contribution in [2.45, 2.75) is 12.8 Å². The Kier molecular flexibility index (Phi) is 4.05. The molecule has 4 heteroatoms. The van der Waals surface area contributed by atoms with Gasteiger partial charge in [-0.1, -0.05) is 0 Å². The molecule has 16 heavy (non-hydrogen) atoms. The molecule has 0 spiro atoms. The Morgan fingerprint density at radius 2 is 1.69 bits per heavy atom. The van der Waals surface area contributed by atoms with Gasteiger partial charge in [0.1, 0.15) is 0 Å². The number of nitrogens with two attached hydrogens (primary N) is 1. The number of primary amides is 1. The lowest BCUT2D eigenvalue weighted by Gasteiger charge is -2.12. The second kappa shape index (κ2) is 5.30. The number of ketones is 1. The smallest absolute Gasteiger partial charge is 0.217 e. The highest BCUT2D eigenvalue weighted by Crippen LogP contribution is 2.13. The fraction of sp³-hybridized carbons (Fsp3) is 0.333. The van der Waals surface area contributed by atoms with Gasteiger partial charge in [-0.05, 0) is 24.3 Å². The third-order valence-corrected chi connectivity index (χ3v) is 2.30. The summed E-state index contributed by atoms with van der Waals surface area (Å²) in [6, 6.07) is 7.27. The SMILES string of the molecule is CN(C)c1ccc(C(=O)CCC(N)=O)cc1. The van der Waals surface area contributed by atoms with Crippen molar-refractivity contribution < 1.29 is 9.59 Å². The van der Waals surface area contributed by atoms with Crippen LogP contribution in [-0.2, 0) is 4.79 Å². The van der Waals surface area contributed by atoms with E-state index in [9.17, 15) is 9.59 Å². The van der Waals surface area contributed by atoms with Crippen LogP contribution in [0, 0.1) is 0 Å². The molecule has 0 atom stereocenters. The largest absolute Gasteiger partial charge is 0.378 e. The minimum absolute atomic E-state index is 0.0518. The molecule has 1 rings (SSSR count). The van der Waals surface area contributed by atoms with E-state index in [-0.39, 0.29) is 18.6 Å². The molecule has 1 amide bonds. The molecule has 0 saturated carbocycles. The van der Waals surface area contributed by atoms with Gasteiger partial charge in [0.25, 0.3) is 0 Å². The first-order valence-electron chi connectivity index (χ1n) is 5.09. The predicted molar refractivity (Wildman–Crippen MR) is 63.5 cm³/mol. The van der Waals surface area contributed by atoms with Crippen LogP contribution in [0.1, 0.15) is 23.2 Å². The van der Waals surface area contributed by atoms with Crippen LogP contribution in [0.25, 0.3) is 0 Å². The standard InChI is InChI=1S/C12H16N2O2/c1-14(2)10-5-3-9(4-6-10)11(15)7-8-12(13)16/h3-6H,7-8H2,1-2H3,(H2,13,16). The van der Waals surface area contributed by atoms with Crippen LogP contribution < -0.4 is 10.6 Å². The summed E-state index contributed by atoms with van der Waals surface area (Å²) in [5.41, 5.74) is 6.64. The quantitative estimate of drug-likeness (QED) is 0.758. The summed E-state index contributed by atoms with van der Waals surface area (Å²) in [6.07, 6.45) is 0.283. The molecule has 0 saturated heterocycles. The lowest BCUT2D eigenvalue weighted by molar-refractivity contribution is -0.118. The molecule has 0 aliphatic carbocycles. The summed E-state index contributed by atoms with van der Waals surface area (Å²) in [5.74, 6) is -0.498. The van der Waals surface area contributed by atoms with E-state index in [1.165, 1.54) is 0 Å². The lowest BCUT2D eigenvalue weighted by atomic mass is 10.1. The second-order valence-electron chi connectivity index (χ2n) is 3.83. The Bertz CT molecular complexity index is 383. The summed E-state index contributed by atoms with van der Waals surface area (Å²) < 4.78 is 0. The first-order valence-corrected chi connectivity index (χ1v) is 5.09. The van der Waals surface area contributed by atoms with Gasteiger partial charge < -0.3 is 10.6 Å². The molecule has 86 valence electrons. The Morgan fingerprint density at radius 1 is 1.12 bits per heavy atom. The van der Waals surface area contributed by atoms with Gasteiger partial charge in [0.15, 0.2) is 5.78 Å². The summed E-state index contributed by atoms with van der Waals surface area (Å²) in [6.45, 7) is 0. The van der Waals surface area contributed by atoms with E-state index in [0.29, 0.717) is 5.56 Å². The Morgan fingerprint density at radius 3 is 2.12 bits per heavy atom. The van der Waals surface area contributed by atoms with Crippen molar-refractivity contribution in [3.63, 3.8) is 0 Å². The highest BCUT2D eigenvalue weighted by atomic mass is 16.1. The fourth-order valence-corrected chi connectivity index (χ4v) is 1.33. The van der Waals surface area contributed by atoms with Crippen molar-refractivity contribution in [3.05, 3.63) is 29.8 Å². The van der Waals surface area contributed by atoms with Crippen LogP contribution in [0.5, 0.6) is 0 Å². The second-order valence-corrected chi connectivity index (χ2v) is 3.83. The molecular formula is C12H16N2O2. The topological polar surface area (TPSA) is 63.4 Å². The number of benzene rings is 1. The van der Waals surface area contributed by atoms with Crippen molar-refractivity contribution in [1.82, 2.24) is 0 Å². The van der Waals surface area contributed by atoms with Gasteiger partial charge in [-0.2, -0.15) is 0 Å². The van der Waals surface area contributed by atoms with Crippen LogP contribution in [-0.4, -0.2) is 25.8 Å². The monoisotopic (exact) mass is 220 g/mol. The van der Waals surface area contributed by atoms with Gasteiger partial charge in [-0.25, -0.2) is 0 Å². The number of anilines is 1. The number of carbonyl (C=O) groups is 2. The molecule has 0 radical (unpaired) electrons. The zero-order valence-corrected chi connectivity index (χ0v) is 9.56. The van der Waals surface area contributed by atoms with Gasteiger partial charge in [-0.3, -0.25) is 9.59 Å². The normalized spacial score (nSPS) is 9.88. The average molecular weight is 220 g/mol. The van der Waals surface area contributed by atoms with E-state index >= 15 is 0 Å². The number of hydrogen-bond donors (Lipinski definition) is 1. The zero-order valence-electron chi connectivity index (χ0n) is 9.56. The van der Waals surface area contributed by atoms with Crippen LogP contribution >= 0.6 is 0 Å². The predicted octanol–water partition coefficient (Wildman–Crippen LogP) is 1.20. The molecule has 0 aliphatic heterocycles. The van der Waals surface area contributed by atoms with E-state index in [0.717, 1.165) is 5.69 Å². The van der Waals surface area contributed by atoms with Gasteiger partial charge >= 0.3 is 0 Å². The molecule has 0 unspecified atom stereocenters. The maximum atomic E-state index is 11.6. The number of Topliss-reactive ketones (excluding diaryl/α,β-unsaturated/α-hetero) is 1. The summed E-state index contributed by atoms with van der Waals surface area (Å²) in [4.78, 5) is 24.1.